The number of carbonyl (C=O) groups is 2. The van der Waals surface area contributed by atoms with Gasteiger partial charge in [0.25, 0.3) is 5.91 Å². The largest absolute Gasteiger partial charge is 0.481 e. The van der Waals surface area contributed by atoms with Crippen LogP contribution in [0.25, 0.3) is 0 Å². The number of hydrogen-bond donors (Lipinski definition) is 2. The molecule has 1 heterocycles. The van der Waals surface area contributed by atoms with Gasteiger partial charge in [0.15, 0.2) is 0 Å². The molecule has 0 saturated carbocycles. The maximum Gasteiger partial charge on any atom is 0.313 e. The fourth-order valence-electron chi connectivity index (χ4n) is 2.64. The lowest BCUT2D eigenvalue weighted by Crippen LogP contribution is -2.28. The molecule has 1 amide bonds. The Hall–Kier alpha value is -1.92. The quantitative estimate of drug-likeness (QED) is 0.773. The summed E-state index contributed by atoms with van der Waals surface area (Å²) in [6.45, 7) is 3.32. The van der Waals surface area contributed by atoms with Crippen LogP contribution >= 0.6 is 23.5 Å². The molecule has 0 aromatic heterocycles. The van der Waals surface area contributed by atoms with E-state index in [0.29, 0.717) is 21.4 Å². The average Bonchev–Trinajstić information content (AvgIpc) is 3.17. The van der Waals surface area contributed by atoms with Crippen molar-refractivity contribution in [1.29, 1.82) is 0 Å². The van der Waals surface area contributed by atoms with E-state index in [2.05, 4.69) is 5.32 Å². The molecule has 0 radical (unpaired) electrons. The van der Waals surface area contributed by atoms with Crippen LogP contribution in [0.15, 0.2) is 48.5 Å². The van der Waals surface area contributed by atoms with Crippen LogP contribution in [0.1, 0.15) is 39.9 Å². The van der Waals surface area contributed by atoms with E-state index in [1.54, 1.807) is 38.1 Å². The second-order valence-electron chi connectivity index (χ2n) is 6.66. The molecule has 2 N–H and O–H groups in total. The summed E-state index contributed by atoms with van der Waals surface area (Å²) in [5.41, 5.74) is 2.23. The van der Waals surface area contributed by atoms with Gasteiger partial charge < -0.3 is 10.4 Å². The molecule has 2 aromatic carbocycles. The van der Waals surface area contributed by atoms with Gasteiger partial charge in [-0.1, -0.05) is 24.3 Å². The maximum atomic E-state index is 12.4. The molecular weight excluding hydrogens is 366 g/mol. The summed E-state index contributed by atoms with van der Waals surface area (Å²) in [5, 5.41) is 12.1. The third-order valence-electron chi connectivity index (χ3n) is 4.47. The molecule has 0 bridgehead atoms. The van der Waals surface area contributed by atoms with Gasteiger partial charge in [0.05, 0.1) is 10.00 Å². The fraction of sp³-hybridized carbons (Fsp3) is 0.300. The van der Waals surface area contributed by atoms with Gasteiger partial charge in [0.2, 0.25) is 0 Å². The molecule has 0 unspecified atom stereocenters. The average molecular weight is 388 g/mol. The van der Waals surface area contributed by atoms with Crippen molar-refractivity contribution in [2.75, 3.05) is 16.8 Å². The highest BCUT2D eigenvalue weighted by Gasteiger charge is 2.29. The lowest BCUT2D eigenvalue weighted by Gasteiger charge is -2.19. The van der Waals surface area contributed by atoms with Crippen molar-refractivity contribution >= 4 is 41.1 Å². The number of hydrogen-bond acceptors (Lipinski definition) is 4. The van der Waals surface area contributed by atoms with Crippen LogP contribution in [0.3, 0.4) is 0 Å². The molecule has 1 aliphatic rings. The van der Waals surface area contributed by atoms with Gasteiger partial charge in [-0.3, -0.25) is 9.59 Å². The zero-order valence-corrected chi connectivity index (χ0v) is 16.3. The molecule has 6 heteroatoms. The Labute approximate surface area is 161 Å². The maximum absolute atomic E-state index is 12.4. The van der Waals surface area contributed by atoms with Crippen molar-refractivity contribution in [3.05, 3.63) is 65.2 Å². The van der Waals surface area contributed by atoms with Gasteiger partial charge in [0.1, 0.15) is 0 Å². The third kappa shape index (κ3) is 4.07. The van der Waals surface area contributed by atoms with Gasteiger partial charge in [-0.15, -0.1) is 23.5 Å². The van der Waals surface area contributed by atoms with Crippen LogP contribution < -0.4 is 5.32 Å². The van der Waals surface area contributed by atoms with E-state index in [1.165, 1.54) is 17.1 Å². The highest BCUT2D eigenvalue weighted by atomic mass is 32.2. The summed E-state index contributed by atoms with van der Waals surface area (Å²) in [5.74, 6) is 1.29. The van der Waals surface area contributed by atoms with Gasteiger partial charge in [-0.25, -0.2) is 0 Å². The number of amides is 1. The summed E-state index contributed by atoms with van der Waals surface area (Å²) < 4.78 is 0.470. The monoisotopic (exact) mass is 387 g/mol. The van der Waals surface area contributed by atoms with Crippen molar-refractivity contribution in [2.24, 2.45) is 0 Å². The van der Waals surface area contributed by atoms with Crippen molar-refractivity contribution in [2.45, 2.75) is 23.8 Å². The van der Waals surface area contributed by atoms with Crippen LogP contribution in [0.2, 0.25) is 0 Å². The summed E-state index contributed by atoms with van der Waals surface area (Å²) >= 11 is 3.88. The second-order valence-corrected chi connectivity index (χ2v) is 9.38. The standard InChI is InChI=1S/C20H21NO3S2/c1-20(2,19(23)24)15-7-9-16(10-8-15)21-17(22)13-3-5-14(6-4-13)18-25-11-12-26-18/h3-10,18H,11-12H2,1-2H3,(H,21,22)(H,23,24). The Kier molecular flexibility index (Phi) is 5.63. The first-order chi connectivity index (χ1) is 12.4. The molecule has 136 valence electrons. The first kappa shape index (κ1) is 18.9. The molecule has 0 spiro atoms. The number of carboxylic acid groups (broad SMARTS) is 1. The SMILES string of the molecule is CC(C)(C(=O)O)c1ccc(NC(=O)c2ccc(C3SCCS3)cc2)cc1. The summed E-state index contributed by atoms with van der Waals surface area (Å²) in [7, 11) is 0. The second kappa shape index (κ2) is 7.76. The Morgan fingerprint density at radius 2 is 1.58 bits per heavy atom. The number of rotatable bonds is 5. The zero-order chi connectivity index (χ0) is 18.7. The van der Waals surface area contributed by atoms with Crippen LogP contribution in [0.5, 0.6) is 0 Å². The molecule has 1 fully saturated rings. The Morgan fingerprint density at radius 1 is 1.00 bits per heavy atom. The van der Waals surface area contributed by atoms with Gasteiger partial charge >= 0.3 is 5.97 Å². The number of carbonyl (C=O) groups excluding carboxylic acids is 1. The first-order valence-corrected chi connectivity index (χ1v) is 10.5. The zero-order valence-electron chi connectivity index (χ0n) is 14.7. The molecule has 3 rings (SSSR count). The third-order valence-corrected chi connectivity index (χ3v) is 7.57. The molecule has 4 nitrogen and oxygen atoms in total. The first-order valence-electron chi connectivity index (χ1n) is 8.36. The number of anilines is 1. The van der Waals surface area contributed by atoms with E-state index in [-0.39, 0.29) is 5.91 Å². The van der Waals surface area contributed by atoms with Gasteiger partial charge in [-0.05, 0) is 49.2 Å². The highest BCUT2D eigenvalue weighted by Crippen LogP contribution is 2.45. The predicted octanol–water partition coefficient (Wildman–Crippen LogP) is 4.78. The van der Waals surface area contributed by atoms with Crippen molar-refractivity contribution in [3.63, 3.8) is 0 Å². The summed E-state index contributed by atoms with van der Waals surface area (Å²) in [4.78, 5) is 23.7. The minimum atomic E-state index is -0.964. The summed E-state index contributed by atoms with van der Waals surface area (Å²) in [6.07, 6.45) is 0. The minimum absolute atomic E-state index is 0.173. The molecule has 1 saturated heterocycles. The van der Waals surface area contributed by atoms with E-state index in [4.69, 9.17) is 0 Å². The number of thioether (sulfide) groups is 2. The fourth-order valence-corrected chi connectivity index (χ4v) is 5.50. The molecular formula is C20H21NO3S2. The highest BCUT2D eigenvalue weighted by molar-refractivity contribution is 8.19. The van der Waals surface area contributed by atoms with Crippen molar-refractivity contribution in [3.8, 4) is 0 Å². The van der Waals surface area contributed by atoms with E-state index >= 15 is 0 Å². The van der Waals surface area contributed by atoms with Crippen molar-refractivity contribution < 1.29 is 14.7 Å². The van der Waals surface area contributed by atoms with Crippen LogP contribution in [0.4, 0.5) is 5.69 Å². The van der Waals surface area contributed by atoms with Crippen LogP contribution in [-0.2, 0) is 10.2 Å². The minimum Gasteiger partial charge on any atom is -0.481 e. The Balaban J connectivity index is 1.67. The van der Waals surface area contributed by atoms with Crippen LogP contribution in [-0.4, -0.2) is 28.5 Å². The normalized spacial score (nSPS) is 15.0. The number of nitrogens with one attached hydrogen (secondary N) is 1. The molecule has 26 heavy (non-hydrogen) atoms. The van der Waals surface area contributed by atoms with E-state index < -0.39 is 11.4 Å². The Bertz CT molecular complexity index is 795. The Morgan fingerprint density at radius 3 is 2.12 bits per heavy atom. The summed E-state index contributed by atoms with van der Waals surface area (Å²) in [6, 6.07) is 14.7. The number of carboxylic acids is 1. The number of benzene rings is 2. The van der Waals surface area contributed by atoms with Crippen LogP contribution in [0, 0.1) is 0 Å². The molecule has 0 aliphatic carbocycles. The van der Waals surface area contributed by atoms with E-state index in [9.17, 15) is 14.7 Å². The number of aliphatic carboxylic acids is 1. The topological polar surface area (TPSA) is 66.4 Å². The van der Waals surface area contributed by atoms with Crippen molar-refractivity contribution in [1.82, 2.24) is 0 Å². The predicted molar refractivity (Wildman–Crippen MR) is 109 cm³/mol. The van der Waals surface area contributed by atoms with Gasteiger partial charge in [0, 0.05) is 22.8 Å². The lowest BCUT2D eigenvalue weighted by atomic mass is 9.85. The molecule has 1 aliphatic heterocycles. The molecule has 0 atom stereocenters. The smallest absolute Gasteiger partial charge is 0.313 e. The lowest BCUT2D eigenvalue weighted by molar-refractivity contribution is -0.142. The van der Waals surface area contributed by atoms with Gasteiger partial charge in [-0.2, -0.15) is 0 Å². The molecule has 2 aromatic rings. The van der Waals surface area contributed by atoms with E-state index in [1.807, 2.05) is 47.8 Å². The van der Waals surface area contributed by atoms with E-state index in [0.717, 1.165) is 0 Å².